The predicted octanol–water partition coefficient (Wildman–Crippen LogP) is 3.46. The highest BCUT2D eigenvalue weighted by atomic mass is 16.5. The van der Waals surface area contributed by atoms with Gasteiger partial charge < -0.3 is 10.1 Å². The molecule has 2 aromatic rings. The van der Waals surface area contributed by atoms with E-state index in [0.717, 1.165) is 29.9 Å². The maximum Gasteiger partial charge on any atom is 0.126 e. The molecule has 0 aliphatic carbocycles. The molecule has 2 rings (SSSR count). The quantitative estimate of drug-likeness (QED) is 0.874. The van der Waals surface area contributed by atoms with Crippen LogP contribution in [-0.2, 0) is 4.74 Å². The molecule has 0 aliphatic heterocycles. The fourth-order valence-electron chi connectivity index (χ4n) is 1.91. The minimum Gasteiger partial charge on any atom is -0.374 e. The first-order valence-corrected chi connectivity index (χ1v) is 6.34. The molecule has 3 heteroatoms. The van der Waals surface area contributed by atoms with Gasteiger partial charge in [-0.3, -0.25) is 0 Å². The summed E-state index contributed by atoms with van der Waals surface area (Å²) in [6.07, 6.45) is 0. The van der Waals surface area contributed by atoms with Crippen molar-refractivity contribution < 1.29 is 4.74 Å². The summed E-state index contributed by atoms with van der Waals surface area (Å²) in [5, 5.41) is 4.49. The summed E-state index contributed by atoms with van der Waals surface area (Å²) < 4.78 is 5.65. The standard InChI is InChI=1S/C15H20N2O/c1-4-18-15(2,3)11-16-14-10-9-12-7-5-6-8-13(12)17-14/h5-10H,4,11H2,1-3H3,(H,16,17). The summed E-state index contributed by atoms with van der Waals surface area (Å²) in [7, 11) is 0. The molecule has 0 fully saturated rings. The van der Waals surface area contributed by atoms with Gasteiger partial charge in [0.15, 0.2) is 0 Å². The molecule has 0 saturated carbocycles. The van der Waals surface area contributed by atoms with Gasteiger partial charge in [0.1, 0.15) is 5.82 Å². The Morgan fingerprint density at radius 2 is 1.94 bits per heavy atom. The molecule has 3 nitrogen and oxygen atoms in total. The summed E-state index contributed by atoms with van der Waals surface area (Å²) in [4.78, 5) is 4.57. The third-order valence-corrected chi connectivity index (χ3v) is 2.83. The Hall–Kier alpha value is -1.61. The summed E-state index contributed by atoms with van der Waals surface area (Å²) in [5.74, 6) is 0.890. The van der Waals surface area contributed by atoms with E-state index in [-0.39, 0.29) is 5.60 Å². The van der Waals surface area contributed by atoms with E-state index in [2.05, 4.69) is 36.3 Å². The number of para-hydroxylation sites is 1. The number of pyridine rings is 1. The van der Waals surface area contributed by atoms with Gasteiger partial charge >= 0.3 is 0 Å². The first-order chi connectivity index (χ1) is 8.61. The number of fused-ring (bicyclic) bond motifs is 1. The first kappa shape index (κ1) is 12.8. The van der Waals surface area contributed by atoms with Crippen molar-refractivity contribution in [1.29, 1.82) is 0 Å². The van der Waals surface area contributed by atoms with Crippen molar-refractivity contribution >= 4 is 16.7 Å². The van der Waals surface area contributed by atoms with Gasteiger partial charge in [-0.15, -0.1) is 0 Å². The van der Waals surface area contributed by atoms with Crippen molar-refractivity contribution in [2.24, 2.45) is 0 Å². The van der Waals surface area contributed by atoms with E-state index >= 15 is 0 Å². The highest BCUT2D eigenvalue weighted by molar-refractivity contribution is 5.80. The maximum atomic E-state index is 5.65. The van der Waals surface area contributed by atoms with Crippen molar-refractivity contribution in [3.8, 4) is 0 Å². The smallest absolute Gasteiger partial charge is 0.126 e. The van der Waals surface area contributed by atoms with Crippen LogP contribution in [0.4, 0.5) is 5.82 Å². The second kappa shape index (κ2) is 5.36. The molecule has 0 radical (unpaired) electrons. The zero-order valence-corrected chi connectivity index (χ0v) is 11.2. The van der Waals surface area contributed by atoms with Crippen molar-refractivity contribution in [2.75, 3.05) is 18.5 Å². The van der Waals surface area contributed by atoms with E-state index in [4.69, 9.17) is 4.74 Å². The normalized spacial score (nSPS) is 11.7. The summed E-state index contributed by atoms with van der Waals surface area (Å²) in [6, 6.07) is 12.2. The predicted molar refractivity (Wildman–Crippen MR) is 75.9 cm³/mol. The van der Waals surface area contributed by atoms with Crippen molar-refractivity contribution in [2.45, 2.75) is 26.4 Å². The molecule has 96 valence electrons. The molecule has 0 spiro atoms. The van der Waals surface area contributed by atoms with Crippen LogP contribution in [0.2, 0.25) is 0 Å². The van der Waals surface area contributed by atoms with Gasteiger partial charge in [0, 0.05) is 18.5 Å². The molecule has 0 saturated heterocycles. The number of ether oxygens (including phenoxy) is 1. The van der Waals surface area contributed by atoms with E-state index in [9.17, 15) is 0 Å². The molecular formula is C15H20N2O. The average Bonchev–Trinajstić information content (AvgIpc) is 2.36. The minimum absolute atomic E-state index is 0.178. The van der Waals surface area contributed by atoms with Gasteiger partial charge in [0.05, 0.1) is 11.1 Å². The zero-order valence-electron chi connectivity index (χ0n) is 11.2. The molecular weight excluding hydrogens is 224 g/mol. The van der Waals surface area contributed by atoms with Gasteiger partial charge in [-0.25, -0.2) is 4.98 Å². The summed E-state index contributed by atoms with van der Waals surface area (Å²) in [5.41, 5.74) is 0.832. The van der Waals surface area contributed by atoms with Crippen molar-refractivity contribution in [3.05, 3.63) is 36.4 Å². The Morgan fingerprint density at radius 1 is 1.17 bits per heavy atom. The monoisotopic (exact) mass is 244 g/mol. The molecule has 1 aromatic heterocycles. The second-order valence-corrected chi connectivity index (χ2v) is 4.94. The van der Waals surface area contributed by atoms with Crippen molar-refractivity contribution in [3.63, 3.8) is 0 Å². The number of rotatable bonds is 5. The number of nitrogens with one attached hydrogen (secondary N) is 1. The van der Waals surface area contributed by atoms with Crippen LogP contribution in [-0.4, -0.2) is 23.7 Å². The fourth-order valence-corrected chi connectivity index (χ4v) is 1.91. The molecule has 1 heterocycles. The Bertz CT molecular complexity index is 523. The van der Waals surface area contributed by atoms with Crippen LogP contribution < -0.4 is 5.32 Å². The van der Waals surface area contributed by atoms with Crippen LogP contribution in [0.3, 0.4) is 0 Å². The van der Waals surface area contributed by atoms with Crippen LogP contribution in [0.1, 0.15) is 20.8 Å². The number of hydrogen-bond donors (Lipinski definition) is 1. The number of benzene rings is 1. The molecule has 0 bridgehead atoms. The average molecular weight is 244 g/mol. The van der Waals surface area contributed by atoms with E-state index in [1.807, 2.05) is 31.2 Å². The Balaban J connectivity index is 2.08. The highest BCUT2D eigenvalue weighted by Gasteiger charge is 2.17. The lowest BCUT2D eigenvalue weighted by molar-refractivity contribution is 0.000646. The van der Waals surface area contributed by atoms with Gasteiger partial charge in [0.2, 0.25) is 0 Å². The second-order valence-electron chi connectivity index (χ2n) is 4.94. The van der Waals surface area contributed by atoms with Crippen LogP contribution >= 0.6 is 0 Å². The maximum absolute atomic E-state index is 5.65. The summed E-state index contributed by atoms with van der Waals surface area (Å²) >= 11 is 0. The van der Waals surface area contributed by atoms with E-state index in [1.54, 1.807) is 0 Å². The molecule has 0 unspecified atom stereocenters. The molecule has 0 amide bonds. The Labute approximate surface area is 108 Å². The summed E-state index contributed by atoms with van der Waals surface area (Å²) in [6.45, 7) is 7.62. The molecule has 1 N–H and O–H groups in total. The lowest BCUT2D eigenvalue weighted by Crippen LogP contribution is -2.33. The third-order valence-electron chi connectivity index (χ3n) is 2.83. The molecule has 1 aromatic carbocycles. The number of nitrogens with zero attached hydrogens (tertiary/aromatic N) is 1. The first-order valence-electron chi connectivity index (χ1n) is 6.34. The largest absolute Gasteiger partial charge is 0.374 e. The lowest BCUT2D eigenvalue weighted by Gasteiger charge is -2.25. The highest BCUT2D eigenvalue weighted by Crippen LogP contribution is 2.16. The third kappa shape index (κ3) is 3.20. The van der Waals surface area contributed by atoms with Crippen LogP contribution in [0.5, 0.6) is 0 Å². The van der Waals surface area contributed by atoms with Gasteiger partial charge in [-0.1, -0.05) is 18.2 Å². The van der Waals surface area contributed by atoms with Gasteiger partial charge in [-0.05, 0) is 39.0 Å². The van der Waals surface area contributed by atoms with Crippen LogP contribution in [0.25, 0.3) is 10.9 Å². The number of aromatic nitrogens is 1. The zero-order chi connectivity index (χ0) is 13.0. The SMILES string of the molecule is CCOC(C)(C)CNc1ccc2ccccc2n1. The van der Waals surface area contributed by atoms with Crippen molar-refractivity contribution in [1.82, 2.24) is 4.98 Å². The molecule has 0 atom stereocenters. The number of anilines is 1. The molecule has 18 heavy (non-hydrogen) atoms. The van der Waals surface area contributed by atoms with Gasteiger partial charge in [-0.2, -0.15) is 0 Å². The molecule has 0 aliphatic rings. The van der Waals surface area contributed by atoms with E-state index in [0.29, 0.717) is 0 Å². The topological polar surface area (TPSA) is 34.1 Å². The van der Waals surface area contributed by atoms with Crippen LogP contribution in [0, 0.1) is 0 Å². The Kier molecular flexibility index (Phi) is 3.82. The van der Waals surface area contributed by atoms with Crippen LogP contribution in [0.15, 0.2) is 36.4 Å². The van der Waals surface area contributed by atoms with Gasteiger partial charge in [0.25, 0.3) is 0 Å². The van der Waals surface area contributed by atoms with E-state index in [1.165, 1.54) is 0 Å². The number of hydrogen-bond acceptors (Lipinski definition) is 3. The minimum atomic E-state index is -0.178. The fraction of sp³-hybridized carbons (Fsp3) is 0.400. The lowest BCUT2D eigenvalue weighted by atomic mass is 10.1. The Morgan fingerprint density at radius 3 is 2.72 bits per heavy atom. The van der Waals surface area contributed by atoms with E-state index < -0.39 is 0 Å².